The van der Waals surface area contributed by atoms with Gasteiger partial charge in [-0.3, -0.25) is 14.6 Å². The van der Waals surface area contributed by atoms with Gasteiger partial charge >= 0.3 is 12.0 Å². The van der Waals surface area contributed by atoms with Gasteiger partial charge in [-0.25, -0.2) is 9.78 Å². The molecule has 0 aromatic carbocycles. The van der Waals surface area contributed by atoms with Crippen LogP contribution >= 0.6 is 0 Å². The van der Waals surface area contributed by atoms with Gasteiger partial charge in [-0.2, -0.15) is 0 Å². The van der Waals surface area contributed by atoms with Crippen LogP contribution in [0.3, 0.4) is 0 Å². The van der Waals surface area contributed by atoms with Gasteiger partial charge in [0.25, 0.3) is 5.56 Å². The molecule has 3 rings (SSSR count). The predicted molar refractivity (Wildman–Crippen MR) is 105 cm³/mol. The maximum absolute atomic E-state index is 12.6. The third kappa shape index (κ3) is 3.98. The number of nitrogens with one attached hydrogen (secondary N) is 2. The van der Waals surface area contributed by atoms with Crippen molar-refractivity contribution < 1.29 is 14.3 Å². The van der Waals surface area contributed by atoms with Crippen molar-refractivity contribution in [1.82, 2.24) is 20.2 Å². The van der Waals surface area contributed by atoms with Crippen molar-refractivity contribution in [2.24, 2.45) is 0 Å². The van der Waals surface area contributed by atoms with Crippen LogP contribution in [0, 0.1) is 0 Å². The Balaban J connectivity index is 1.71. The highest BCUT2D eigenvalue weighted by atomic mass is 16.5. The highest BCUT2D eigenvalue weighted by molar-refractivity contribution is 5.76. The van der Waals surface area contributed by atoms with Crippen LogP contribution in [0.2, 0.25) is 0 Å². The van der Waals surface area contributed by atoms with E-state index in [0.717, 1.165) is 30.5 Å². The number of piperidine rings is 1. The lowest BCUT2D eigenvalue weighted by Gasteiger charge is -2.40. The first-order chi connectivity index (χ1) is 13.4. The second kappa shape index (κ2) is 8.20. The molecule has 1 aromatic heterocycles. The number of aromatic amines is 1. The number of amides is 2. The smallest absolute Gasteiger partial charge is 0.317 e. The number of rotatable bonds is 5. The van der Waals surface area contributed by atoms with Crippen molar-refractivity contribution in [2.75, 3.05) is 45.2 Å². The molecule has 1 unspecified atom stereocenters. The Hall–Kier alpha value is -2.58. The van der Waals surface area contributed by atoms with Crippen molar-refractivity contribution in [1.29, 1.82) is 0 Å². The van der Waals surface area contributed by atoms with Crippen LogP contribution in [0.25, 0.3) is 0 Å². The minimum Gasteiger partial charge on any atom is -0.466 e. The lowest BCUT2D eigenvalue weighted by molar-refractivity contribution is -0.142. The molecule has 9 nitrogen and oxygen atoms in total. The molecule has 1 aromatic rings. The van der Waals surface area contributed by atoms with E-state index in [0.29, 0.717) is 32.1 Å². The molecule has 1 atom stereocenters. The fourth-order valence-corrected chi connectivity index (χ4v) is 4.17. The van der Waals surface area contributed by atoms with E-state index in [1.54, 1.807) is 16.7 Å². The molecule has 0 saturated carbocycles. The number of carbonyl (C=O) groups excluding carboxylic acids is 2. The zero-order valence-electron chi connectivity index (χ0n) is 16.8. The summed E-state index contributed by atoms with van der Waals surface area (Å²) in [7, 11) is 3.69. The molecule has 154 valence electrons. The first-order valence-corrected chi connectivity index (χ1v) is 9.85. The Morgan fingerprint density at radius 2 is 2.14 bits per heavy atom. The number of H-pyrrole nitrogens is 1. The summed E-state index contributed by atoms with van der Waals surface area (Å²) < 4.78 is 4.88. The van der Waals surface area contributed by atoms with Gasteiger partial charge in [0.1, 0.15) is 0 Å². The number of esters is 1. The van der Waals surface area contributed by atoms with Gasteiger partial charge in [-0.15, -0.1) is 0 Å². The van der Waals surface area contributed by atoms with Crippen LogP contribution in [-0.4, -0.2) is 67.2 Å². The van der Waals surface area contributed by atoms with Crippen LogP contribution < -0.4 is 15.8 Å². The fourth-order valence-electron chi connectivity index (χ4n) is 4.17. The lowest BCUT2D eigenvalue weighted by atomic mass is 9.77. The molecule has 0 radical (unpaired) electrons. The average Bonchev–Trinajstić information content (AvgIpc) is 3.00. The van der Waals surface area contributed by atoms with Gasteiger partial charge in [0, 0.05) is 44.7 Å². The van der Waals surface area contributed by atoms with Gasteiger partial charge < -0.3 is 19.9 Å². The predicted octanol–water partition coefficient (Wildman–Crippen LogP) is 0.779. The maximum Gasteiger partial charge on any atom is 0.317 e. The first-order valence-electron chi connectivity index (χ1n) is 9.85. The SMILES string of the molecule is CCOC(=O)CCNC(=O)N1CCCC2(CCc3c2nc(N(C)C)[nH]c3=O)C1. The van der Waals surface area contributed by atoms with E-state index in [1.807, 2.05) is 14.1 Å². The van der Waals surface area contributed by atoms with E-state index >= 15 is 0 Å². The second-order valence-corrected chi connectivity index (χ2v) is 7.70. The fraction of sp³-hybridized carbons (Fsp3) is 0.684. The summed E-state index contributed by atoms with van der Waals surface area (Å²) in [5.41, 5.74) is 1.23. The molecule has 1 fully saturated rings. The van der Waals surface area contributed by atoms with Crippen LogP contribution in [0.1, 0.15) is 43.9 Å². The lowest BCUT2D eigenvalue weighted by Crippen LogP contribution is -2.51. The molecule has 2 N–H and O–H groups in total. The molecule has 1 aliphatic heterocycles. The van der Waals surface area contributed by atoms with Crippen molar-refractivity contribution in [3.05, 3.63) is 21.6 Å². The summed E-state index contributed by atoms with van der Waals surface area (Å²) in [6, 6.07) is -0.186. The van der Waals surface area contributed by atoms with Gasteiger partial charge in [0.15, 0.2) is 0 Å². The average molecular weight is 391 g/mol. The van der Waals surface area contributed by atoms with Crippen molar-refractivity contribution in [3.63, 3.8) is 0 Å². The molecule has 9 heteroatoms. The topological polar surface area (TPSA) is 108 Å². The van der Waals surface area contributed by atoms with E-state index in [9.17, 15) is 14.4 Å². The summed E-state index contributed by atoms with van der Waals surface area (Å²) in [6.07, 6.45) is 3.43. The van der Waals surface area contributed by atoms with E-state index in [4.69, 9.17) is 9.72 Å². The number of ether oxygens (including phenoxy) is 1. The van der Waals surface area contributed by atoms with Gasteiger partial charge in [0.05, 0.1) is 18.7 Å². The number of anilines is 1. The molecule has 2 aliphatic rings. The molecule has 2 amide bonds. The Morgan fingerprint density at radius 1 is 1.36 bits per heavy atom. The number of fused-ring (bicyclic) bond motifs is 2. The minimum absolute atomic E-state index is 0.0819. The summed E-state index contributed by atoms with van der Waals surface area (Å²) in [5, 5.41) is 2.80. The molecule has 1 saturated heterocycles. The minimum atomic E-state index is -0.317. The Bertz CT molecular complexity index is 806. The van der Waals surface area contributed by atoms with E-state index in [1.165, 1.54) is 0 Å². The van der Waals surface area contributed by atoms with Gasteiger partial charge in [-0.1, -0.05) is 0 Å². The monoisotopic (exact) mass is 391 g/mol. The second-order valence-electron chi connectivity index (χ2n) is 7.70. The zero-order chi connectivity index (χ0) is 20.3. The standard InChI is InChI=1S/C19H29N5O4/c1-4-28-14(25)7-10-20-18(27)24-11-5-8-19(12-24)9-6-13-15(19)21-17(23(2)3)22-16(13)26/h4-12H2,1-3H3,(H,20,27)(H,21,22,26). The normalized spacial score (nSPS) is 20.8. The molecule has 28 heavy (non-hydrogen) atoms. The van der Waals surface area contributed by atoms with Crippen LogP contribution in [0.4, 0.5) is 10.7 Å². The van der Waals surface area contributed by atoms with Crippen molar-refractivity contribution >= 4 is 17.9 Å². The molecule has 0 bridgehead atoms. The molecular formula is C19H29N5O4. The number of hydrogen-bond donors (Lipinski definition) is 2. The number of hydrogen-bond acceptors (Lipinski definition) is 6. The molecule has 1 spiro atoms. The van der Waals surface area contributed by atoms with E-state index < -0.39 is 0 Å². The summed E-state index contributed by atoms with van der Waals surface area (Å²) in [6.45, 7) is 3.53. The first kappa shape index (κ1) is 20.2. The third-order valence-corrected chi connectivity index (χ3v) is 5.56. The maximum atomic E-state index is 12.6. The Kier molecular flexibility index (Phi) is 5.90. The molecule has 1 aliphatic carbocycles. The largest absolute Gasteiger partial charge is 0.466 e. The quantitative estimate of drug-likeness (QED) is 0.718. The van der Waals surface area contributed by atoms with Crippen LogP contribution in [-0.2, 0) is 21.4 Å². The van der Waals surface area contributed by atoms with E-state index in [-0.39, 0.29) is 35.9 Å². The van der Waals surface area contributed by atoms with E-state index in [2.05, 4.69) is 10.3 Å². The number of nitrogens with zero attached hydrogens (tertiary/aromatic N) is 3. The Morgan fingerprint density at radius 3 is 2.86 bits per heavy atom. The van der Waals surface area contributed by atoms with Gasteiger partial charge in [0.2, 0.25) is 5.95 Å². The number of aromatic nitrogens is 2. The number of likely N-dealkylation sites (tertiary alicyclic amines) is 1. The summed E-state index contributed by atoms with van der Waals surface area (Å²) in [4.78, 5) is 47.6. The van der Waals surface area contributed by atoms with Crippen molar-refractivity contribution in [2.45, 2.75) is 44.4 Å². The summed E-state index contributed by atoms with van der Waals surface area (Å²) >= 11 is 0. The van der Waals surface area contributed by atoms with Gasteiger partial charge in [-0.05, 0) is 32.6 Å². The van der Waals surface area contributed by atoms with Crippen LogP contribution in [0.15, 0.2) is 4.79 Å². The Labute approximate surface area is 164 Å². The highest BCUT2D eigenvalue weighted by Gasteiger charge is 2.45. The van der Waals surface area contributed by atoms with Crippen molar-refractivity contribution in [3.8, 4) is 0 Å². The highest BCUT2D eigenvalue weighted by Crippen LogP contribution is 2.43. The molecular weight excluding hydrogens is 362 g/mol. The summed E-state index contributed by atoms with van der Waals surface area (Å²) in [5.74, 6) is 0.225. The zero-order valence-corrected chi connectivity index (χ0v) is 16.8. The third-order valence-electron chi connectivity index (χ3n) is 5.56. The number of carbonyl (C=O) groups is 2. The van der Waals surface area contributed by atoms with Crippen LogP contribution in [0.5, 0.6) is 0 Å². The molecule has 2 heterocycles. The number of urea groups is 1.